The summed E-state index contributed by atoms with van der Waals surface area (Å²) in [5.74, 6) is 0.272. The highest BCUT2D eigenvalue weighted by molar-refractivity contribution is 5.69. The molecule has 0 amide bonds. The van der Waals surface area contributed by atoms with Crippen molar-refractivity contribution in [3.8, 4) is 0 Å². The summed E-state index contributed by atoms with van der Waals surface area (Å²) >= 11 is 0. The Kier molecular flexibility index (Phi) is 2.51. The van der Waals surface area contributed by atoms with E-state index in [9.17, 15) is 4.39 Å². The Balaban J connectivity index is 1.78. The van der Waals surface area contributed by atoms with Crippen molar-refractivity contribution in [2.45, 2.75) is 45.1 Å². The molecule has 0 spiro atoms. The van der Waals surface area contributed by atoms with Gasteiger partial charge in [0.15, 0.2) is 0 Å². The van der Waals surface area contributed by atoms with Crippen molar-refractivity contribution in [2.75, 3.05) is 0 Å². The van der Waals surface area contributed by atoms with Crippen LogP contribution >= 0.6 is 0 Å². The highest BCUT2D eigenvalue weighted by Crippen LogP contribution is 2.49. The Labute approximate surface area is 125 Å². The van der Waals surface area contributed by atoms with Gasteiger partial charge in [0.2, 0.25) is 0 Å². The second-order valence-electron chi connectivity index (χ2n) is 7.03. The molecule has 0 saturated heterocycles. The molecule has 2 heteroatoms. The van der Waals surface area contributed by atoms with Gasteiger partial charge in [-0.1, -0.05) is 29.9 Å². The van der Waals surface area contributed by atoms with Gasteiger partial charge in [-0.2, -0.15) is 0 Å². The predicted molar refractivity (Wildman–Crippen MR) is 84.3 cm³/mol. The summed E-state index contributed by atoms with van der Waals surface area (Å²) in [7, 11) is 0. The van der Waals surface area contributed by atoms with Crippen LogP contribution in [0.1, 0.15) is 50.7 Å². The van der Waals surface area contributed by atoms with Crippen molar-refractivity contribution >= 4 is 6.08 Å². The minimum Gasteiger partial charge on any atom is -0.379 e. The zero-order valence-electron chi connectivity index (χ0n) is 12.8. The Morgan fingerprint density at radius 1 is 1.29 bits per heavy atom. The SMILES string of the molecule is CC1=CC(C)(C)NC2=C1CC1C(=Cc3c(F)cccc31)C2. The number of fused-ring (bicyclic) bond motifs is 3. The van der Waals surface area contributed by atoms with Gasteiger partial charge in [-0.3, -0.25) is 0 Å². The van der Waals surface area contributed by atoms with Crippen LogP contribution in [0.15, 0.2) is 46.7 Å². The number of benzene rings is 1. The quantitative estimate of drug-likeness (QED) is 0.728. The summed E-state index contributed by atoms with van der Waals surface area (Å²) < 4.78 is 14.0. The van der Waals surface area contributed by atoms with Crippen LogP contribution in [-0.2, 0) is 0 Å². The summed E-state index contributed by atoms with van der Waals surface area (Å²) in [6, 6.07) is 5.48. The van der Waals surface area contributed by atoms with E-state index in [0.717, 1.165) is 24.0 Å². The fourth-order valence-electron chi connectivity index (χ4n) is 4.12. The molecule has 0 aromatic heterocycles. The summed E-state index contributed by atoms with van der Waals surface area (Å²) in [5, 5.41) is 3.65. The van der Waals surface area contributed by atoms with Gasteiger partial charge >= 0.3 is 0 Å². The fourth-order valence-corrected chi connectivity index (χ4v) is 4.12. The van der Waals surface area contributed by atoms with Gasteiger partial charge in [-0.25, -0.2) is 4.39 Å². The number of allylic oxidation sites excluding steroid dienone is 3. The van der Waals surface area contributed by atoms with E-state index in [1.165, 1.54) is 22.4 Å². The third kappa shape index (κ3) is 1.89. The van der Waals surface area contributed by atoms with Crippen molar-refractivity contribution in [1.29, 1.82) is 0 Å². The lowest BCUT2D eigenvalue weighted by molar-refractivity contribution is 0.491. The Bertz CT molecular complexity index is 734. The molecule has 3 aliphatic rings. The third-order valence-corrected chi connectivity index (χ3v) is 4.92. The number of hydrogen-bond acceptors (Lipinski definition) is 1. The van der Waals surface area contributed by atoms with Gasteiger partial charge in [0.25, 0.3) is 0 Å². The summed E-state index contributed by atoms with van der Waals surface area (Å²) in [6.07, 6.45) is 6.29. The molecular formula is C19H20FN. The van der Waals surface area contributed by atoms with Crippen molar-refractivity contribution in [1.82, 2.24) is 5.32 Å². The van der Waals surface area contributed by atoms with Crippen LogP contribution in [0.25, 0.3) is 6.08 Å². The van der Waals surface area contributed by atoms with E-state index in [1.807, 2.05) is 6.07 Å². The topological polar surface area (TPSA) is 12.0 Å². The van der Waals surface area contributed by atoms with Gasteiger partial charge in [0.1, 0.15) is 5.82 Å². The number of nitrogens with one attached hydrogen (secondary N) is 1. The van der Waals surface area contributed by atoms with E-state index in [4.69, 9.17) is 0 Å². The van der Waals surface area contributed by atoms with E-state index >= 15 is 0 Å². The van der Waals surface area contributed by atoms with Crippen LogP contribution < -0.4 is 5.32 Å². The minimum atomic E-state index is -0.0899. The molecule has 1 aromatic carbocycles. The fraction of sp³-hybridized carbons (Fsp3) is 0.368. The molecule has 1 aromatic rings. The first-order chi connectivity index (χ1) is 9.94. The van der Waals surface area contributed by atoms with Crippen LogP contribution in [0.4, 0.5) is 4.39 Å². The van der Waals surface area contributed by atoms with Gasteiger partial charge < -0.3 is 5.32 Å². The van der Waals surface area contributed by atoms with Crippen LogP contribution in [0, 0.1) is 5.82 Å². The van der Waals surface area contributed by atoms with Crippen LogP contribution in [0.5, 0.6) is 0 Å². The molecule has 1 nitrogen and oxygen atoms in total. The second-order valence-corrected chi connectivity index (χ2v) is 7.03. The van der Waals surface area contributed by atoms with Gasteiger partial charge in [-0.15, -0.1) is 0 Å². The Morgan fingerprint density at radius 3 is 2.90 bits per heavy atom. The van der Waals surface area contributed by atoms with E-state index in [2.05, 4.69) is 44.3 Å². The van der Waals surface area contributed by atoms with Crippen molar-refractivity contribution in [3.05, 3.63) is 63.6 Å². The highest BCUT2D eigenvalue weighted by Gasteiger charge is 2.36. The maximum atomic E-state index is 14.0. The zero-order chi connectivity index (χ0) is 14.8. The van der Waals surface area contributed by atoms with Crippen LogP contribution in [-0.4, -0.2) is 5.54 Å². The average Bonchev–Trinajstić information content (AvgIpc) is 2.75. The minimum absolute atomic E-state index is 0.00696. The first kappa shape index (κ1) is 12.9. The summed E-state index contributed by atoms with van der Waals surface area (Å²) in [5.41, 5.74) is 7.45. The van der Waals surface area contributed by atoms with Crippen molar-refractivity contribution in [2.24, 2.45) is 0 Å². The Hall–Kier alpha value is -1.83. The summed E-state index contributed by atoms with van der Waals surface area (Å²) in [6.45, 7) is 6.60. The molecule has 1 unspecified atom stereocenters. The van der Waals surface area contributed by atoms with E-state index in [1.54, 1.807) is 6.07 Å². The van der Waals surface area contributed by atoms with E-state index < -0.39 is 0 Å². The third-order valence-electron chi connectivity index (χ3n) is 4.92. The number of dihydropyridines is 1. The largest absolute Gasteiger partial charge is 0.379 e. The molecule has 4 rings (SSSR count). The lowest BCUT2D eigenvalue weighted by Crippen LogP contribution is -2.41. The maximum absolute atomic E-state index is 14.0. The molecule has 0 fully saturated rings. The molecule has 0 radical (unpaired) electrons. The summed E-state index contributed by atoms with van der Waals surface area (Å²) in [4.78, 5) is 0. The number of rotatable bonds is 0. The van der Waals surface area contributed by atoms with Crippen molar-refractivity contribution < 1.29 is 4.39 Å². The number of hydrogen-bond donors (Lipinski definition) is 1. The standard InChI is InChI=1S/C19H20FN/c1-11-10-19(2,3)21-18-8-12-7-16-13(5-4-6-17(16)20)15(12)9-14(11)18/h4-7,10,15,21H,8-9H2,1-3H3. The molecule has 1 aliphatic heterocycles. The number of halogens is 1. The normalized spacial score (nSPS) is 25.4. The molecular weight excluding hydrogens is 261 g/mol. The van der Waals surface area contributed by atoms with Gasteiger partial charge in [0, 0.05) is 23.6 Å². The lowest BCUT2D eigenvalue weighted by Gasteiger charge is -2.38. The van der Waals surface area contributed by atoms with Crippen molar-refractivity contribution in [3.63, 3.8) is 0 Å². The van der Waals surface area contributed by atoms with Crippen LogP contribution in [0.3, 0.4) is 0 Å². The highest BCUT2D eigenvalue weighted by atomic mass is 19.1. The second kappa shape index (κ2) is 4.09. The zero-order valence-corrected chi connectivity index (χ0v) is 12.8. The average molecular weight is 281 g/mol. The smallest absolute Gasteiger partial charge is 0.130 e. The molecule has 108 valence electrons. The molecule has 1 N–H and O–H groups in total. The molecule has 1 heterocycles. The predicted octanol–water partition coefficient (Wildman–Crippen LogP) is 4.68. The molecule has 1 atom stereocenters. The molecule has 21 heavy (non-hydrogen) atoms. The molecule has 2 aliphatic carbocycles. The molecule has 0 saturated carbocycles. The first-order valence-corrected chi connectivity index (χ1v) is 7.63. The first-order valence-electron chi connectivity index (χ1n) is 7.63. The Morgan fingerprint density at radius 2 is 2.10 bits per heavy atom. The van der Waals surface area contributed by atoms with Crippen LogP contribution in [0.2, 0.25) is 0 Å². The maximum Gasteiger partial charge on any atom is 0.130 e. The molecule has 0 bridgehead atoms. The van der Waals surface area contributed by atoms with Gasteiger partial charge in [0.05, 0.1) is 5.54 Å². The van der Waals surface area contributed by atoms with E-state index in [0.29, 0.717) is 5.92 Å². The van der Waals surface area contributed by atoms with Gasteiger partial charge in [-0.05, 0) is 50.0 Å². The van der Waals surface area contributed by atoms with E-state index in [-0.39, 0.29) is 11.4 Å². The lowest BCUT2D eigenvalue weighted by atomic mass is 9.76. The monoisotopic (exact) mass is 281 g/mol.